The van der Waals surface area contributed by atoms with Gasteiger partial charge in [-0.1, -0.05) is 6.58 Å². The monoisotopic (exact) mass is 491 g/mol. The van der Waals surface area contributed by atoms with Crippen LogP contribution in [0.25, 0.3) is 0 Å². The van der Waals surface area contributed by atoms with Gasteiger partial charge >= 0.3 is 0 Å². The normalized spacial score (nSPS) is 12.0. The van der Waals surface area contributed by atoms with E-state index < -0.39 is 17.3 Å². The molecule has 0 bridgehead atoms. The van der Waals surface area contributed by atoms with E-state index in [4.69, 9.17) is 5.73 Å². The molecule has 0 unspecified atom stereocenters. The highest BCUT2D eigenvalue weighted by atomic mass is 79.9. The Kier molecular flexibility index (Phi) is 8.22. The number of anilines is 4. The smallest absolute Gasteiger partial charge is 0.247 e. The Bertz CT molecular complexity index is 1020. The standard InChI is InChI=1S/C20H23BrFN7O2/c1-4-17(30)26-12-5-6-15(22)16(7-12)28-18-14(21)10-25-19(29-18)27-13(8-23)9-24-11-20(2,3)31/h4-10,31H,1,11,23H2,2-3H3,(H,26,30)(H2,25,27,28,29)/b13-8+,24-9?. The van der Waals surface area contributed by atoms with Crippen LogP contribution < -0.4 is 21.7 Å². The fraction of sp³-hybridized carbons (Fsp3) is 0.200. The first-order valence-corrected chi connectivity index (χ1v) is 9.84. The maximum Gasteiger partial charge on any atom is 0.247 e. The van der Waals surface area contributed by atoms with E-state index in [2.05, 4.69) is 53.4 Å². The quantitative estimate of drug-likeness (QED) is 0.268. The number of halogens is 2. The highest BCUT2D eigenvalue weighted by molar-refractivity contribution is 9.10. The minimum absolute atomic E-state index is 0.0912. The number of aromatic nitrogens is 2. The second-order valence-electron chi connectivity index (χ2n) is 6.93. The average molecular weight is 492 g/mol. The Balaban J connectivity index is 2.21. The van der Waals surface area contributed by atoms with E-state index in [0.29, 0.717) is 15.9 Å². The lowest BCUT2D eigenvalue weighted by Gasteiger charge is -2.13. The highest BCUT2D eigenvalue weighted by Gasteiger charge is 2.12. The summed E-state index contributed by atoms with van der Waals surface area (Å²) in [6.45, 7) is 6.83. The van der Waals surface area contributed by atoms with Crippen LogP contribution in [0.15, 0.2) is 58.4 Å². The van der Waals surface area contributed by atoms with Crippen LogP contribution in [0.1, 0.15) is 13.8 Å². The summed E-state index contributed by atoms with van der Waals surface area (Å²) in [6, 6.07) is 4.06. The molecule has 1 aromatic carbocycles. The highest BCUT2D eigenvalue weighted by Crippen LogP contribution is 2.28. The van der Waals surface area contributed by atoms with Crippen LogP contribution >= 0.6 is 15.9 Å². The van der Waals surface area contributed by atoms with Crippen LogP contribution in [-0.4, -0.2) is 39.3 Å². The number of hydrogen-bond donors (Lipinski definition) is 5. The number of nitrogens with one attached hydrogen (secondary N) is 3. The summed E-state index contributed by atoms with van der Waals surface area (Å²) in [5.74, 6) is -0.514. The molecule has 1 amide bonds. The molecule has 2 rings (SSSR count). The molecule has 0 spiro atoms. The molecule has 31 heavy (non-hydrogen) atoms. The number of carbonyl (C=O) groups is 1. The molecule has 0 aliphatic rings. The third-order valence-electron chi connectivity index (χ3n) is 3.56. The molecule has 0 radical (unpaired) electrons. The van der Waals surface area contributed by atoms with Crippen molar-refractivity contribution in [3.8, 4) is 0 Å². The number of aliphatic hydroxyl groups is 1. The molecule has 6 N–H and O–H groups in total. The molecule has 0 atom stereocenters. The molecule has 9 nitrogen and oxygen atoms in total. The lowest BCUT2D eigenvalue weighted by atomic mass is 10.1. The van der Waals surface area contributed by atoms with Gasteiger partial charge in [0.25, 0.3) is 0 Å². The molecular formula is C20H23BrFN7O2. The van der Waals surface area contributed by atoms with Crippen LogP contribution in [0.5, 0.6) is 0 Å². The Hall–Kier alpha value is -3.31. The number of carbonyl (C=O) groups excluding carboxylic acids is 1. The first kappa shape index (κ1) is 24.0. The van der Waals surface area contributed by atoms with Gasteiger partial charge in [0.05, 0.1) is 28.0 Å². The maximum atomic E-state index is 14.3. The van der Waals surface area contributed by atoms with Crippen molar-refractivity contribution in [3.05, 3.63) is 59.2 Å². The number of benzene rings is 1. The summed E-state index contributed by atoms with van der Waals surface area (Å²) in [4.78, 5) is 24.0. The van der Waals surface area contributed by atoms with Crippen molar-refractivity contribution in [2.75, 3.05) is 22.5 Å². The lowest BCUT2D eigenvalue weighted by molar-refractivity contribution is -0.111. The number of amides is 1. The number of aliphatic imine (C=N–C) groups is 1. The topological polar surface area (TPSA) is 138 Å². The van der Waals surface area contributed by atoms with Gasteiger partial charge < -0.3 is 26.8 Å². The minimum Gasteiger partial charge on any atom is -0.403 e. The first-order chi connectivity index (χ1) is 14.6. The first-order valence-electron chi connectivity index (χ1n) is 9.05. The molecule has 0 fully saturated rings. The number of allylic oxidation sites excluding steroid dienone is 1. The molecule has 0 aliphatic heterocycles. The van der Waals surface area contributed by atoms with E-state index in [1.807, 2.05) is 0 Å². The Morgan fingerprint density at radius 3 is 2.81 bits per heavy atom. The van der Waals surface area contributed by atoms with Gasteiger partial charge in [-0.05, 0) is 54.1 Å². The predicted molar refractivity (Wildman–Crippen MR) is 124 cm³/mol. The van der Waals surface area contributed by atoms with Crippen LogP contribution in [0.4, 0.5) is 27.5 Å². The largest absolute Gasteiger partial charge is 0.403 e. The van der Waals surface area contributed by atoms with Crippen molar-refractivity contribution in [2.45, 2.75) is 19.4 Å². The van der Waals surface area contributed by atoms with Crippen molar-refractivity contribution in [1.82, 2.24) is 9.97 Å². The molecule has 164 valence electrons. The summed E-state index contributed by atoms with van der Waals surface area (Å²) in [6.07, 6.45) is 5.31. The van der Waals surface area contributed by atoms with Gasteiger partial charge in [-0.15, -0.1) is 0 Å². The number of nitrogens with zero attached hydrogens (tertiary/aromatic N) is 3. The molecule has 0 saturated heterocycles. The van der Waals surface area contributed by atoms with Gasteiger partial charge in [0.1, 0.15) is 11.6 Å². The van der Waals surface area contributed by atoms with Crippen molar-refractivity contribution < 1.29 is 14.3 Å². The summed E-state index contributed by atoms with van der Waals surface area (Å²) < 4.78 is 14.8. The zero-order chi connectivity index (χ0) is 23.0. The van der Waals surface area contributed by atoms with Crippen molar-refractivity contribution >= 4 is 51.2 Å². The van der Waals surface area contributed by atoms with E-state index in [-0.39, 0.29) is 24.0 Å². The SMILES string of the molecule is C=CC(=O)Nc1ccc(F)c(Nc2nc(N/C(C=NCC(C)(C)O)=C/N)ncc2Br)c1. The zero-order valence-electron chi connectivity index (χ0n) is 17.0. The third kappa shape index (κ3) is 7.79. The van der Waals surface area contributed by atoms with Gasteiger partial charge in [0, 0.05) is 24.3 Å². The van der Waals surface area contributed by atoms with Gasteiger partial charge in [-0.25, -0.2) is 9.37 Å². The van der Waals surface area contributed by atoms with Gasteiger partial charge in [-0.3, -0.25) is 9.79 Å². The summed E-state index contributed by atoms with van der Waals surface area (Å²) in [7, 11) is 0. The number of rotatable bonds is 9. The van der Waals surface area contributed by atoms with Gasteiger partial charge in [0.2, 0.25) is 11.9 Å². The molecule has 0 saturated carbocycles. The minimum atomic E-state index is -0.953. The van der Waals surface area contributed by atoms with E-state index in [0.717, 1.165) is 6.08 Å². The van der Waals surface area contributed by atoms with E-state index in [1.165, 1.54) is 36.8 Å². The summed E-state index contributed by atoms with van der Waals surface area (Å²) in [5, 5.41) is 18.0. The predicted octanol–water partition coefficient (Wildman–Crippen LogP) is 3.30. The van der Waals surface area contributed by atoms with Crippen LogP contribution in [0, 0.1) is 5.82 Å². The molecule has 0 aliphatic carbocycles. The third-order valence-corrected chi connectivity index (χ3v) is 4.14. The summed E-state index contributed by atoms with van der Waals surface area (Å²) in [5.41, 5.74) is 5.52. The van der Waals surface area contributed by atoms with E-state index >= 15 is 0 Å². The van der Waals surface area contributed by atoms with Gasteiger partial charge in [0.15, 0.2) is 0 Å². The van der Waals surface area contributed by atoms with Crippen LogP contribution in [-0.2, 0) is 4.79 Å². The fourth-order valence-electron chi connectivity index (χ4n) is 2.15. The van der Waals surface area contributed by atoms with Crippen LogP contribution in [0.3, 0.4) is 0 Å². The van der Waals surface area contributed by atoms with Gasteiger partial charge in [-0.2, -0.15) is 4.98 Å². The van der Waals surface area contributed by atoms with Crippen molar-refractivity contribution in [1.29, 1.82) is 0 Å². The number of hydrogen-bond acceptors (Lipinski definition) is 8. The van der Waals surface area contributed by atoms with Crippen LogP contribution in [0.2, 0.25) is 0 Å². The second-order valence-corrected chi connectivity index (χ2v) is 7.79. The lowest BCUT2D eigenvalue weighted by Crippen LogP contribution is -2.23. The Morgan fingerprint density at radius 1 is 1.42 bits per heavy atom. The van der Waals surface area contributed by atoms with Crippen molar-refractivity contribution in [2.24, 2.45) is 10.7 Å². The average Bonchev–Trinajstić information content (AvgIpc) is 2.71. The Morgan fingerprint density at radius 2 is 2.16 bits per heavy atom. The van der Waals surface area contributed by atoms with E-state index in [1.54, 1.807) is 13.8 Å². The molecule has 2 aromatic rings. The maximum absolute atomic E-state index is 14.3. The Labute approximate surface area is 187 Å². The number of nitrogens with two attached hydrogens (primary N) is 1. The fourth-order valence-corrected chi connectivity index (χ4v) is 2.44. The van der Waals surface area contributed by atoms with E-state index in [9.17, 15) is 14.3 Å². The molecule has 1 aromatic heterocycles. The molecule has 1 heterocycles. The van der Waals surface area contributed by atoms with Crippen molar-refractivity contribution in [3.63, 3.8) is 0 Å². The second kappa shape index (κ2) is 10.6. The summed E-state index contributed by atoms with van der Waals surface area (Å²) >= 11 is 3.32. The molecule has 11 heteroatoms. The molecular weight excluding hydrogens is 469 g/mol. The zero-order valence-corrected chi connectivity index (χ0v) is 18.6.